The molecule has 0 atom stereocenters. The molecule has 162 valence electrons. The minimum Gasteiger partial charge on any atom is -0.486 e. The van der Waals surface area contributed by atoms with Crippen molar-refractivity contribution in [3.05, 3.63) is 81.5 Å². The van der Waals surface area contributed by atoms with Gasteiger partial charge in [-0.2, -0.15) is 0 Å². The summed E-state index contributed by atoms with van der Waals surface area (Å²) in [4.78, 5) is 25.6. The number of halogens is 1. The summed E-state index contributed by atoms with van der Waals surface area (Å²) < 4.78 is 13.1. The second-order valence-electron chi connectivity index (χ2n) is 7.65. The lowest BCUT2D eigenvalue weighted by Gasteiger charge is -2.20. The molecule has 3 aromatic carbocycles. The number of amides is 1. The zero-order chi connectivity index (χ0) is 22.1. The van der Waals surface area contributed by atoms with Crippen LogP contribution in [0.2, 0.25) is 5.02 Å². The van der Waals surface area contributed by atoms with Crippen LogP contribution in [0.3, 0.4) is 0 Å². The Morgan fingerprint density at radius 3 is 2.34 bits per heavy atom. The van der Waals surface area contributed by atoms with Gasteiger partial charge in [0, 0.05) is 17.3 Å². The Bertz CT molecular complexity index is 1340. The number of ether oxygens (including phenoxy) is 2. The molecule has 2 heterocycles. The molecule has 0 fully saturated rings. The first kappa shape index (κ1) is 20.4. The van der Waals surface area contributed by atoms with E-state index in [1.807, 2.05) is 53.1 Å². The summed E-state index contributed by atoms with van der Waals surface area (Å²) in [6, 6.07) is 18.5. The number of hydrogen-bond donors (Lipinski definition) is 1. The molecule has 1 N–H and O–H groups in total. The molecule has 0 radical (unpaired) electrons. The lowest BCUT2D eigenvalue weighted by atomic mass is 10.1. The number of benzene rings is 3. The maximum atomic E-state index is 12.8. The molecule has 0 saturated carbocycles. The van der Waals surface area contributed by atoms with Crippen LogP contribution >= 0.6 is 11.6 Å². The molecule has 0 spiro atoms. The van der Waals surface area contributed by atoms with Gasteiger partial charge in [-0.25, -0.2) is 0 Å². The van der Waals surface area contributed by atoms with Gasteiger partial charge in [-0.15, -0.1) is 0 Å². The molecule has 1 aromatic heterocycles. The largest absolute Gasteiger partial charge is 0.486 e. The smallest absolute Gasteiger partial charge is 0.239 e. The molecule has 1 aliphatic heterocycles. The van der Waals surface area contributed by atoms with Gasteiger partial charge in [0.15, 0.2) is 16.9 Å². The molecule has 4 aromatic rings. The number of carbonyl (C=O) groups excluding carboxylic acids is 1. The first-order chi connectivity index (χ1) is 15.6. The minimum atomic E-state index is -0.132. The summed E-state index contributed by atoms with van der Waals surface area (Å²) in [6.07, 6.45) is 0.605. The van der Waals surface area contributed by atoms with E-state index in [2.05, 4.69) is 5.32 Å². The number of aromatic nitrogens is 1. The average molecular weight is 449 g/mol. The molecule has 0 unspecified atom stereocenters. The second-order valence-corrected chi connectivity index (χ2v) is 8.06. The number of nitrogens with one attached hydrogen (secondary N) is 1. The van der Waals surface area contributed by atoms with E-state index < -0.39 is 0 Å². The fraction of sp³-hybridized carbons (Fsp3) is 0.200. The molecule has 0 saturated heterocycles. The van der Waals surface area contributed by atoms with Crippen molar-refractivity contribution in [3.63, 3.8) is 0 Å². The number of hydrogen-bond acceptors (Lipinski definition) is 4. The van der Waals surface area contributed by atoms with Crippen molar-refractivity contribution >= 4 is 39.3 Å². The Hall–Kier alpha value is -3.51. The molecular weight excluding hydrogens is 428 g/mol. The van der Waals surface area contributed by atoms with E-state index in [1.165, 1.54) is 0 Å². The van der Waals surface area contributed by atoms with Crippen LogP contribution in [-0.2, 0) is 17.8 Å². The normalized spacial score (nSPS) is 12.8. The van der Waals surface area contributed by atoms with E-state index in [-0.39, 0.29) is 17.9 Å². The van der Waals surface area contributed by atoms with Crippen molar-refractivity contribution in [2.75, 3.05) is 19.8 Å². The zero-order valence-corrected chi connectivity index (χ0v) is 18.0. The molecule has 32 heavy (non-hydrogen) atoms. The zero-order valence-electron chi connectivity index (χ0n) is 17.3. The number of rotatable bonds is 5. The highest BCUT2D eigenvalue weighted by Gasteiger charge is 2.17. The van der Waals surface area contributed by atoms with E-state index in [0.29, 0.717) is 53.5 Å². The predicted octanol–water partition coefficient (Wildman–Crippen LogP) is 3.94. The Morgan fingerprint density at radius 2 is 1.62 bits per heavy atom. The minimum absolute atomic E-state index is 0.0247. The van der Waals surface area contributed by atoms with E-state index >= 15 is 0 Å². The fourth-order valence-corrected chi connectivity index (χ4v) is 4.39. The number of nitrogens with zero attached hydrogens (tertiary/aromatic N) is 1. The van der Waals surface area contributed by atoms with Gasteiger partial charge in [-0.05, 0) is 48.4 Å². The summed E-state index contributed by atoms with van der Waals surface area (Å²) in [7, 11) is 0. The lowest BCUT2D eigenvalue weighted by molar-refractivity contribution is -0.121. The first-order valence-electron chi connectivity index (χ1n) is 10.5. The lowest BCUT2D eigenvalue weighted by Crippen LogP contribution is -2.30. The number of pyridine rings is 1. The van der Waals surface area contributed by atoms with Crippen LogP contribution in [-0.4, -0.2) is 30.2 Å². The van der Waals surface area contributed by atoms with Crippen molar-refractivity contribution in [3.8, 4) is 11.5 Å². The second kappa shape index (κ2) is 8.55. The van der Waals surface area contributed by atoms with Gasteiger partial charge in [0.05, 0.1) is 16.1 Å². The van der Waals surface area contributed by atoms with Crippen LogP contribution in [0, 0.1) is 0 Å². The Morgan fingerprint density at radius 1 is 0.969 bits per heavy atom. The average Bonchev–Trinajstić information content (AvgIpc) is 2.82. The highest BCUT2D eigenvalue weighted by atomic mass is 35.5. The van der Waals surface area contributed by atoms with Crippen LogP contribution in [0.25, 0.3) is 21.8 Å². The number of fused-ring (bicyclic) bond motifs is 3. The van der Waals surface area contributed by atoms with E-state index in [9.17, 15) is 9.59 Å². The molecule has 0 aliphatic carbocycles. The van der Waals surface area contributed by atoms with E-state index in [4.69, 9.17) is 21.1 Å². The highest BCUT2D eigenvalue weighted by molar-refractivity contribution is 6.32. The van der Waals surface area contributed by atoms with Crippen LogP contribution in [0.15, 0.2) is 65.5 Å². The third-order valence-electron chi connectivity index (χ3n) is 5.57. The summed E-state index contributed by atoms with van der Waals surface area (Å²) in [6.45, 7) is 1.54. The summed E-state index contributed by atoms with van der Waals surface area (Å²) in [5, 5.41) is 4.68. The molecule has 6 nitrogen and oxygen atoms in total. The topological polar surface area (TPSA) is 69.6 Å². The molecule has 1 aliphatic rings. The van der Waals surface area contributed by atoms with Crippen molar-refractivity contribution in [2.24, 2.45) is 0 Å². The van der Waals surface area contributed by atoms with Crippen molar-refractivity contribution in [2.45, 2.75) is 13.0 Å². The van der Waals surface area contributed by atoms with Crippen molar-refractivity contribution in [1.82, 2.24) is 9.88 Å². The standard InChI is InChI=1S/C25H21ClN2O4/c26-19-13-16(14-22-25(19)32-12-11-31-22)9-10-27-23(29)15-28-20-7-3-1-5-17(20)24(30)18-6-2-4-8-21(18)28/h1-8,13-14H,9-12,15H2,(H,27,29). The van der Waals surface area contributed by atoms with Gasteiger partial charge in [0.2, 0.25) is 5.91 Å². The van der Waals surface area contributed by atoms with Crippen molar-refractivity contribution < 1.29 is 14.3 Å². The SMILES string of the molecule is O=C(Cn1c2ccccc2c(=O)c2ccccc21)NCCc1cc(Cl)c2c(c1)OCCO2. The number of carbonyl (C=O) groups is 1. The third-order valence-corrected chi connectivity index (χ3v) is 5.85. The molecule has 5 rings (SSSR count). The van der Waals surface area contributed by atoms with Crippen LogP contribution in [0.5, 0.6) is 11.5 Å². The first-order valence-corrected chi connectivity index (χ1v) is 10.8. The van der Waals surface area contributed by atoms with Crippen LogP contribution in [0.1, 0.15) is 5.56 Å². The van der Waals surface area contributed by atoms with Gasteiger partial charge in [0.1, 0.15) is 19.8 Å². The Kier molecular flexibility index (Phi) is 5.45. The summed E-state index contributed by atoms with van der Waals surface area (Å²) in [5.74, 6) is 1.08. The molecule has 0 bridgehead atoms. The molecule has 1 amide bonds. The third kappa shape index (κ3) is 3.78. The summed E-state index contributed by atoms with van der Waals surface area (Å²) >= 11 is 6.30. The highest BCUT2D eigenvalue weighted by Crippen LogP contribution is 2.38. The van der Waals surface area contributed by atoms with Gasteiger partial charge in [0.25, 0.3) is 0 Å². The van der Waals surface area contributed by atoms with E-state index in [0.717, 1.165) is 16.6 Å². The predicted molar refractivity (Wildman–Crippen MR) is 125 cm³/mol. The number of para-hydroxylation sites is 2. The van der Waals surface area contributed by atoms with Crippen molar-refractivity contribution in [1.29, 1.82) is 0 Å². The quantitative estimate of drug-likeness (QED) is 0.469. The van der Waals surface area contributed by atoms with Gasteiger partial charge in [-0.3, -0.25) is 9.59 Å². The van der Waals surface area contributed by atoms with Gasteiger partial charge >= 0.3 is 0 Å². The fourth-order valence-electron chi connectivity index (χ4n) is 4.10. The molecule has 7 heteroatoms. The Balaban J connectivity index is 1.34. The van der Waals surface area contributed by atoms with Crippen LogP contribution < -0.4 is 20.2 Å². The van der Waals surface area contributed by atoms with E-state index in [1.54, 1.807) is 12.1 Å². The molecular formula is C25H21ClN2O4. The maximum Gasteiger partial charge on any atom is 0.239 e. The van der Waals surface area contributed by atoms with Gasteiger partial charge < -0.3 is 19.4 Å². The van der Waals surface area contributed by atoms with Crippen LogP contribution in [0.4, 0.5) is 0 Å². The monoisotopic (exact) mass is 448 g/mol. The summed E-state index contributed by atoms with van der Waals surface area (Å²) in [5.41, 5.74) is 2.41. The maximum absolute atomic E-state index is 12.8. The Labute approximate surface area is 189 Å². The van der Waals surface area contributed by atoms with Gasteiger partial charge in [-0.1, -0.05) is 35.9 Å².